The van der Waals surface area contributed by atoms with Gasteiger partial charge in [0.1, 0.15) is 0 Å². The average molecular weight is 386 g/mol. The van der Waals surface area contributed by atoms with Gasteiger partial charge in [-0.05, 0) is 52.0 Å². The molecule has 1 heterocycles. The second-order valence-electron chi connectivity index (χ2n) is 8.50. The molecule has 1 saturated heterocycles. The highest BCUT2D eigenvalue weighted by Crippen LogP contribution is 2.28. The molecule has 0 radical (unpaired) electrons. The average Bonchev–Trinajstić information content (AvgIpc) is 3.52. The van der Waals surface area contributed by atoms with E-state index in [4.69, 9.17) is 4.99 Å². The zero-order chi connectivity index (χ0) is 19.8. The molecule has 0 unspecified atom stereocenters. The Kier molecular flexibility index (Phi) is 8.16. The van der Waals surface area contributed by atoms with E-state index < -0.39 is 0 Å². The van der Waals surface area contributed by atoms with Crippen molar-refractivity contribution in [2.75, 3.05) is 32.7 Å². The number of hydrogen-bond donors (Lipinski definition) is 2. The molecule has 2 fully saturated rings. The Hall–Kier alpha value is -1.59. The van der Waals surface area contributed by atoms with E-state index in [0.717, 1.165) is 51.3 Å². The van der Waals surface area contributed by atoms with Crippen LogP contribution >= 0.6 is 0 Å². The van der Waals surface area contributed by atoms with Crippen LogP contribution < -0.4 is 10.6 Å². The molecule has 0 spiro atoms. The van der Waals surface area contributed by atoms with Gasteiger partial charge in [-0.25, -0.2) is 0 Å². The minimum absolute atomic E-state index is 0.523. The van der Waals surface area contributed by atoms with Gasteiger partial charge in [0.15, 0.2) is 5.96 Å². The first-order chi connectivity index (χ1) is 13.7. The number of nitrogens with one attached hydrogen (secondary N) is 2. The van der Waals surface area contributed by atoms with Gasteiger partial charge in [0.2, 0.25) is 0 Å². The van der Waals surface area contributed by atoms with Crippen molar-refractivity contribution in [3.05, 3.63) is 35.9 Å². The first-order valence-electron chi connectivity index (χ1n) is 11.2. The molecular formula is C23H39N5. The summed E-state index contributed by atoms with van der Waals surface area (Å²) in [6, 6.07) is 12.7. The quantitative estimate of drug-likeness (QED) is 0.506. The third kappa shape index (κ3) is 6.78. The van der Waals surface area contributed by atoms with Gasteiger partial charge in [-0.1, -0.05) is 30.3 Å². The van der Waals surface area contributed by atoms with Gasteiger partial charge < -0.3 is 10.6 Å². The normalized spacial score (nSPS) is 19.4. The van der Waals surface area contributed by atoms with Crippen LogP contribution in [-0.2, 0) is 6.54 Å². The number of hydrogen-bond acceptors (Lipinski definition) is 3. The summed E-state index contributed by atoms with van der Waals surface area (Å²) in [5.41, 5.74) is 1.41. The van der Waals surface area contributed by atoms with Crippen molar-refractivity contribution in [2.45, 2.75) is 71.1 Å². The molecular weight excluding hydrogens is 346 g/mol. The Labute approximate surface area is 171 Å². The van der Waals surface area contributed by atoms with Crippen molar-refractivity contribution in [2.24, 2.45) is 4.99 Å². The Morgan fingerprint density at radius 1 is 1.14 bits per heavy atom. The predicted molar refractivity (Wildman–Crippen MR) is 119 cm³/mol. The van der Waals surface area contributed by atoms with Crippen LogP contribution in [0.4, 0.5) is 0 Å². The maximum absolute atomic E-state index is 4.87. The van der Waals surface area contributed by atoms with E-state index in [0.29, 0.717) is 12.1 Å². The molecule has 1 aliphatic heterocycles. The van der Waals surface area contributed by atoms with E-state index in [9.17, 15) is 0 Å². The minimum atomic E-state index is 0.523. The summed E-state index contributed by atoms with van der Waals surface area (Å²) < 4.78 is 0. The third-order valence-electron chi connectivity index (χ3n) is 5.83. The summed E-state index contributed by atoms with van der Waals surface area (Å²) >= 11 is 0. The van der Waals surface area contributed by atoms with Crippen molar-refractivity contribution in [3.63, 3.8) is 0 Å². The maximum Gasteiger partial charge on any atom is 0.191 e. The third-order valence-corrected chi connectivity index (χ3v) is 5.83. The zero-order valence-corrected chi connectivity index (χ0v) is 18.0. The highest BCUT2D eigenvalue weighted by atomic mass is 15.2. The van der Waals surface area contributed by atoms with Gasteiger partial charge in [-0.15, -0.1) is 0 Å². The van der Waals surface area contributed by atoms with Crippen LogP contribution in [0, 0.1) is 0 Å². The smallest absolute Gasteiger partial charge is 0.191 e. The van der Waals surface area contributed by atoms with E-state index in [-0.39, 0.29) is 0 Å². The number of rotatable bonds is 9. The molecule has 0 bridgehead atoms. The first kappa shape index (κ1) is 21.1. The lowest BCUT2D eigenvalue weighted by molar-refractivity contribution is 0.198. The molecule has 0 amide bonds. The molecule has 5 heteroatoms. The van der Waals surface area contributed by atoms with Crippen molar-refractivity contribution >= 4 is 5.96 Å². The number of aliphatic imine (C=N–C) groups is 1. The topological polar surface area (TPSA) is 42.9 Å². The van der Waals surface area contributed by atoms with Crippen LogP contribution in [0.2, 0.25) is 0 Å². The summed E-state index contributed by atoms with van der Waals surface area (Å²) in [6.45, 7) is 13.0. The molecule has 5 nitrogen and oxygen atoms in total. The molecule has 1 saturated carbocycles. The fraction of sp³-hybridized carbons (Fsp3) is 0.696. The van der Waals surface area contributed by atoms with E-state index in [1.165, 1.54) is 31.2 Å². The lowest BCUT2D eigenvalue weighted by Gasteiger charge is -2.33. The minimum Gasteiger partial charge on any atom is -0.357 e. The number of nitrogens with zero attached hydrogens (tertiary/aromatic N) is 3. The lowest BCUT2D eigenvalue weighted by Crippen LogP contribution is -2.48. The van der Waals surface area contributed by atoms with Crippen molar-refractivity contribution < 1.29 is 0 Å². The van der Waals surface area contributed by atoms with Gasteiger partial charge in [0.25, 0.3) is 0 Å². The van der Waals surface area contributed by atoms with Gasteiger partial charge in [-0.3, -0.25) is 14.8 Å². The van der Waals surface area contributed by atoms with Crippen LogP contribution in [0.25, 0.3) is 0 Å². The standard InChI is InChI=1S/C23H39N5/c1-4-24-23(25-14-17-28(19(2)3)22-10-11-22)26-21-12-15-27(16-13-21)18-20-8-6-5-7-9-20/h5-9,19,21-22H,4,10-18H2,1-3H3,(H2,24,25,26). The maximum atomic E-state index is 4.87. The van der Waals surface area contributed by atoms with Crippen LogP contribution in [0.3, 0.4) is 0 Å². The van der Waals surface area contributed by atoms with Crippen LogP contribution in [0.15, 0.2) is 35.3 Å². The van der Waals surface area contributed by atoms with E-state index in [1.54, 1.807) is 0 Å². The fourth-order valence-electron chi connectivity index (χ4n) is 4.14. The van der Waals surface area contributed by atoms with Gasteiger partial charge in [-0.2, -0.15) is 0 Å². The molecule has 0 aromatic heterocycles. The number of benzene rings is 1. The van der Waals surface area contributed by atoms with Crippen LogP contribution in [-0.4, -0.2) is 66.6 Å². The summed E-state index contributed by atoms with van der Waals surface area (Å²) in [5, 5.41) is 7.12. The molecule has 3 rings (SSSR count). The fourth-order valence-corrected chi connectivity index (χ4v) is 4.14. The van der Waals surface area contributed by atoms with Gasteiger partial charge >= 0.3 is 0 Å². The van der Waals surface area contributed by atoms with Gasteiger partial charge in [0, 0.05) is 50.8 Å². The zero-order valence-electron chi connectivity index (χ0n) is 18.0. The van der Waals surface area contributed by atoms with Crippen molar-refractivity contribution in [1.29, 1.82) is 0 Å². The molecule has 28 heavy (non-hydrogen) atoms. The second kappa shape index (κ2) is 10.8. The summed E-state index contributed by atoms with van der Waals surface area (Å²) in [6.07, 6.45) is 5.08. The van der Waals surface area contributed by atoms with E-state index >= 15 is 0 Å². The molecule has 1 aromatic rings. The SMILES string of the molecule is CCNC(=NCCN(C(C)C)C1CC1)NC1CCN(Cc2ccccc2)CC1. The number of guanidine groups is 1. The van der Waals surface area contributed by atoms with Crippen LogP contribution in [0.5, 0.6) is 0 Å². The number of piperidine rings is 1. The Morgan fingerprint density at radius 2 is 1.86 bits per heavy atom. The predicted octanol–water partition coefficient (Wildman–Crippen LogP) is 3.08. The highest BCUT2D eigenvalue weighted by molar-refractivity contribution is 5.80. The summed E-state index contributed by atoms with van der Waals surface area (Å²) in [4.78, 5) is 10.0. The molecule has 1 aliphatic carbocycles. The lowest BCUT2D eigenvalue weighted by atomic mass is 10.0. The van der Waals surface area contributed by atoms with Crippen LogP contribution in [0.1, 0.15) is 52.0 Å². The molecule has 2 N–H and O–H groups in total. The Balaban J connectivity index is 1.42. The number of likely N-dealkylation sites (tertiary alicyclic amines) is 1. The van der Waals surface area contributed by atoms with Crippen molar-refractivity contribution in [3.8, 4) is 0 Å². The van der Waals surface area contributed by atoms with E-state index in [1.807, 2.05) is 0 Å². The summed E-state index contributed by atoms with van der Waals surface area (Å²) in [5.74, 6) is 0.989. The van der Waals surface area contributed by atoms with Crippen molar-refractivity contribution in [1.82, 2.24) is 20.4 Å². The van der Waals surface area contributed by atoms with E-state index in [2.05, 4.69) is 71.5 Å². The monoisotopic (exact) mass is 385 g/mol. The van der Waals surface area contributed by atoms with Gasteiger partial charge in [0.05, 0.1) is 6.54 Å². The Morgan fingerprint density at radius 3 is 2.46 bits per heavy atom. The molecule has 0 atom stereocenters. The molecule has 2 aliphatic rings. The first-order valence-corrected chi connectivity index (χ1v) is 11.2. The second-order valence-corrected chi connectivity index (χ2v) is 8.50. The molecule has 156 valence electrons. The Bertz CT molecular complexity index is 586. The largest absolute Gasteiger partial charge is 0.357 e. The molecule has 1 aromatic carbocycles. The summed E-state index contributed by atoms with van der Waals surface area (Å²) in [7, 11) is 0. The highest BCUT2D eigenvalue weighted by Gasteiger charge is 2.30.